The minimum absolute atomic E-state index is 0.0742. The van der Waals surface area contributed by atoms with Crippen LogP contribution in [0.5, 0.6) is 17.2 Å². The summed E-state index contributed by atoms with van der Waals surface area (Å²) in [6.45, 7) is 7.67. The van der Waals surface area contributed by atoms with E-state index < -0.39 is 17.7 Å². The highest BCUT2D eigenvalue weighted by molar-refractivity contribution is 6.30. The Kier molecular flexibility index (Phi) is 11.0. The Labute approximate surface area is 245 Å². The third-order valence-corrected chi connectivity index (χ3v) is 5.84. The van der Waals surface area contributed by atoms with Crippen molar-refractivity contribution in [2.75, 3.05) is 11.5 Å². The van der Waals surface area contributed by atoms with Crippen LogP contribution in [0.1, 0.15) is 51.7 Å². The third kappa shape index (κ3) is 10.3. The van der Waals surface area contributed by atoms with Crippen molar-refractivity contribution < 1.29 is 33.7 Å². The molecule has 0 heterocycles. The smallest absolute Gasteiger partial charge is 0.407 e. The molecule has 0 aromatic heterocycles. The number of hydrogen-bond donors (Lipinski definition) is 2. The molecule has 0 saturated carbocycles. The molecule has 0 unspecified atom stereocenters. The molecule has 0 bridgehead atoms. The Morgan fingerprint density at radius 1 is 0.951 bits per heavy atom. The van der Waals surface area contributed by atoms with Gasteiger partial charge in [0.15, 0.2) is 5.75 Å². The lowest BCUT2D eigenvalue weighted by Gasteiger charge is -2.25. The molecule has 218 valence electrons. The van der Waals surface area contributed by atoms with E-state index in [1.807, 2.05) is 6.07 Å². The van der Waals surface area contributed by atoms with Crippen LogP contribution in [0.3, 0.4) is 0 Å². The fourth-order valence-corrected chi connectivity index (χ4v) is 3.96. The van der Waals surface area contributed by atoms with Crippen LogP contribution in [0.15, 0.2) is 66.7 Å². The van der Waals surface area contributed by atoms with Crippen LogP contribution in [0.4, 0.5) is 10.5 Å². The number of phenolic OH excluding ortho intramolecular Hbond substituents is 1. The van der Waals surface area contributed by atoms with Crippen LogP contribution in [0.2, 0.25) is 5.02 Å². The van der Waals surface area contributed by atoms with Gasteiger partial charge in [-0.2, -0.15) is 0 Å². The SMILES string of the molecule is CCOC(=O)CCC(=O)N(Cc1ccc(O)cc1)c1ccc(Cl)cc1Oc1cccc(CNC(=O)OC(C)(C)C)c1. The molecule has 0 radical (unpaired) electrons. The van der Waals surface area contributed by atoms with E-state index in [2.05, 4.69) is 5.32 Å². The fraction of sp³-hybridized carbons (Fsp3) is 0.323. The highest BCUT2D eigenvalue weighted by Gasteiger charge is 2.22. The van der Waals surface area contributed by atoms with Crippen LogP contribution < -0.4 is 15.0 Å². The lowest BCUT2D eigenvalue weighted by atomic mass is 10.1. The van der Waals surface area contributed by atoms with Gasteiger partial charge in [-0.3, -0.25) is 9.59 Å². The van der Waals surface area contributed by atoms with Gasteiger partial charge in [0, 0.05) is 24.1 Å². The van der Waals surface area contributed by atoms with E-state index in [9.17, 15) is 19.5 Å². The molecule has 41 heavy (non-hydrogen) atoms. The summed E-state index contributed by atoms with van der Waals surface area (Å²) in [7, 11) is 0. The number of aromatic hydroxyl groups is 1. The quantitative estimate of drug-likeness (QED) is 0.241. The summed E-state index contributed by atoms with van der Waals surface area (Å²) in [6, 6.07) is 18.5. The molecule has 0 atom stereocenters. The second-order valence-electron chi connectivity index (χ2n) is 10.2. The first-order valence-corrected chi connectivity index (χ1v) is 13.6. The van der Waals surface area contributed by atoms with Crippen molar-refractivity contribution >= 4 is 35.3 Å². The largest absolute Gasteiger partial charge is 0.508 e. The molecule has 0 aliphatic heterocycles. The highest BCUT2D eigenvalue weighted by atomic mass is 35.5. The Balaban J connectivity index is 1.87. The number of esters is 1. The van der Waals surface area contributed by atoms with Crippen LogP contribution in [-0.4, -0.2) is 35.3 Å². The van der Waals surface area contributed by atoms with Crippen LogP contribution in [-0.2, 0) is 32.2 Å². The number of nitrogens with one attached hydrogen (secondary N) is 1. The predicted molar refractivity (Wildman–Crippen MR) is 156 cm³/mol. The number of nitrogens with zero attached hydrogens (tertiary/aromatic N) is 1. The molecular formula is C31H35ClN2O7. The molecule has 10 heteroatoms. The number of benzene rings is 3. The van der Waals surface area contributed by atoms with Crippen LogP contribution in [0, 0.1) is 0 Å². The first kappa shape index (κ1) is 31.3. The van der Waals surface area contributed by atoms with Crippen LogP contribution >= 0.6 is 11.6 Å². The first-order valence-electron chi connectivity index (χ1n) is 13.2. The van der Waals surface area contributed by atoms with Crippen molar-refractivity contribution in [1.29, 1.82) is 0 Å². The maximum Gasteiger partial charge on any atom is 0.407 e. The number of halogens is 1. The molecule has 2 amide bonds. The van der Waals surface area contributed by atoms with Gasteiger partial charge in [0.1, 0.15) is 17.1 Å². The zero-order valence-electron chi connectivity index (χ0n) is 23.6. The normalized spacial score (nSPS) is 11.0. The number of rotatable bonds is 11. The Bertz CT molecular complexity index is 1350. The standard InChI is InChI=1S/C31H35ClN2O7/c1-5-39-29(37)16-15-28(36)34(20-21-9-12-24(35)13-10-21)26-14-11-23(32)18-27(26)40-25-8-6-7-22(17-25)19-33-30(38)41-31(2,3)4/h6-14,17-18,35H,5,15-16,19-20H2,1-4H3,(H,33,38). The van der Waals surface area contributed by atoms with E-state index in [0.717, 1.165) is 11.1 Å². The molecule has 0 aliphatic carbocycles. The number of carbonyl (C=O) groups is 3. The lowest BCUT2D eigenvalue weighted by molar-refractivity contribution is -0.144. The Morgan fingerprint density at radius 2 is 1.68 bits per heavy atom. The van der Waals surface area contributed by atoms with Gasteiger partial charge in [0.05, 0.1) is 25.3 Å². The summed E-state index contributed by atoms with van der Waals surface area (Å²) in [5, 5.41) is 12.8. The van der Waals surface area contributed by atoms with Crippen LogP contribution in [0.25, 0.3) is 0 Å². The molecule has 9 nitrogen and oxygen atoms in total. The molecular weight excluding hydrogens is 548 g/mol. The lowest BCUT2D eigenvalue weighted by Crippen LogP contribution is -2.32. The van der Waals surface area contributed by atoms with E-state index in [1.54, 1.807) is 76.2 Å². The summed E-state index contributed by atoms with van der Waals surface area (Å²) in [6.07, 6.45) is -0.688. The third-order valence-electron chi connectivity index (χ3n) is 5.60. The van der Waals surface area contributed by atoms with Crippen molar-refractivity contribution in [2.45, 2.75) is 59.2 Å². The van der Waals surface area contributed by atoms with Crippen molar-refractivity contribution in [3.63, 3.8) is 0 Å². The summed E-state index contributed by atoms with van der Waals surface area (Å²) in [5.74, 6) is 0.0903. The summed E-state index contributed by atoms with van der Waals surface area (Å²) < 4.78 is 16.5. The van der Waals surface area contributed by atoms with E-state index in [4.69, 9.17) is 25.8 Å². The van der Waals surface area contributed by atoms with Gasteiger partial charge < -0.3 is 29.5 Å². The summed E-state index contributed by atoms with van der Waals surface area (Å²) >= 11 is 6.32. The Morgan fingerprint density at radius 3 is 2.37 bits per heavy atom. The average molecular weight is 583 g/mol. The molecule has 0 saturated heterocycles. The number of ether oxygens (including phenoxy) is 3. The minimum Gasteiger partial charge on any atom is -0.508 e. The number of alkyl carbamates (subject to hydrolysis) is 1. The number of carbonyl (C=O) groups excluding carboxylic acids is 3. The molecule has 3 rings (SSSR count). The molecule has 2 N–H and O–H groups in total. The minimum atomic E-state index is -0.613. The summed E-state index contributed by atoms with van der Waals surface area (Å²) in [5.41, 5.74) is 1.35. The molecule has 0 spiro atoms. The molecule has 3 aromatic rings. The predicted octanol–water partition coefficient (Wildman–Crippen LogP) is 6.74. The molecule has 0 fully saturated rings. The van der Waals surface area contributed by atoms with E-state index in [-0.39, 0.29) is 44.2 Å². The van der Waals surface area contributed by atoms with Crippen molar-refractivity contribution in [3.05, 3.63) is 82.9 Å². The second kappa shape index (κ2) is 14.4. The number of amides is 2. The van der Waals surface area contributed by atoms with E-state index in [1.165, 1.54) is 17.0 Å². The number of phenols is 1. The zero-order chi connectivity index (χ0) is 30.0. The van der Waals surface area contributed by atoms with Gasteiger partial charge in [-0.25, -0.2) is 4.79 Å². The number of anilines is 1. The maximum absolute atomic E-state index is 13.4. The zero-order valence-corrected chi connectivity index (χ0v) is 24.4. The molecule has 0 aliphatic rings. The van der Waals surface area contributed by atoms with Gasteiger partial charge in [0.2, 0.25) is 5.91 Å². The molecule has 3 aromatic carbocycles. The monoisotopic (exact) mass is 582 g/mol. The Hall–Kier alpha value is -4.24. The fourth-order valence-electron chi connectivity index (χ4n) is 3.80. The van der Waals surface area contributed by atoms with Gasteiger partial charge in [-0.15, -0.1) is 0 Å². The highest BCUT2D eigenvalue weighted by Crippen LogP contribution is 2.36. The van der Waals surface area contributed by atoms with Crippen molar-refractivity contribution in [3.8, 4) is 17.2 Å². The van der Waals surface area contributed by atoms with Gasteiger partial charge >= 0.3 is 12.1 Å². The number of hydrogen-bond acceptors (Lipinski definition) is 7. The topological polar surface area (TPSA) is 114 Å². The van der Waals surface area contributed by atoms with E-state index in [0.29, 0.717) is 22.2 Å². The van der Waals surface area contributed by atoms with Gasteiger partial charge in [0.25, 0.3) is 0 Å². The summed E-state index contributed by atoms with van der Waals surface area (Å²) in [4.78, 5) is 39.0. The van der Waals surface area contributed by atoms with Gasteiger partial charge in [-0.1, -0.05) is 35.9 Å². The van der Waals surface area contributed by atoms with Gasteiger partial charge in [-0.05, 0) is 75.2 Å². The maximum atomic E-state index is 13.4. The first-order chi connectivity index (χ1) is 19.4. The second-order valence-corrected chi connectivity index (χ2v) is 10.6. The van der Waals surface area contributed by atoms with Crippen molar-refractivity contribution in [1.82, 2.24) is 5.32 Å². The van der Waals surface area contributed by atoms with E-state index >= 15 is 0 Å². The van der Waals surface area contributed by atoms with Crippen molar-refractivity contribution in [2.24, 2.45) is 0 Å². The average Bonchev–Trinajstić information content (AvgIpc) is 2.90.